The van der Waals surface area contributed by atoms with Crippen molar-refractivity contribution in [3.8, 4) is 16.9 Å². The Hall–Kier alpha value is -2.04. The summed E-state index contributed by atoms with van der Waals surface area (Å²) < 4.78 is 55.5. The molecule has 0 saturated heterocycles. The number of ether oxygens (including phenoxy) is 1. The number of methoxy groups -OCH3 is 1. The maximum atomic E-state index is 13.5. The molecule has 0 spiro atoms. The van der Waals surface area contributed by atoms with Crippen molar-refractivity contribution >= 4 is 0 Å². The number of rotatable bonds is 2. The summed E-state index contributed by atoms with van der Waals surface area (Å²) in [5.41, 5.74) is 0.270. The summed E-state index contributed by atoms with van der Waals surface area (Å²) in [7, 11) is 1.34. The van der Waals surface area contributed by atoms with Crippen LogP contribution < -0.4 is 4.74 Å². The predicted molar refractivity (Wildman–Crippen MR) is 63.4 cm³/mol. The van der Waals surface area contributed by atoms with Crippen molar-refractivity contribution in [3.63, 3.8) is 0 Å². The lowest BCUT2D eigenvalue weighted by Gasteiger charge is -2.08. The van der Waals surface area contributed by atoms with Crippen molar-refractivity contribution < 1.29 is 22.3 Å². The van der Waals surface area contributed by atoms with Crippen LogP contribution in [0.3, 0.4) is 0 Å². The van der Waals surface area contributed by atoms with Gasteiger partial charge in [-0.25, -0.2) is 4.39 Å². The van der Waals surface area contributed by atoms with Crippen molar-refractivity contribution in [2.24, 2.45) is 0 Å². The van der Waals surface area contributed by atoms with E-state index in [0.717, 1.165) is 12.1 Å². The third-order valence-electron chi connectivity index (χ3n) is 2.70. The fourth-order valence-corrected chi connectivity index (χ4v) is 1.70. The van der Waals surface area contributed by atoms with E-state index in [-0.39, 0.29) is 5.75 Å². The van der Waals surface area contributed by atoms with Gasteiger partial charge in [-0.05, 0) is 35.4 Å². The highest BCUT2D eigenvalue weighted by atomic mass is 19.4. The molecule has 0 fully saturated rings. The lowest BCUT2D eigenvalue weighted by Crippen LogP contribution is -2.04. The highest BCUT2D eigenvalue weighted by molar-refractivity contribution is 5.64. The first-order valence-electron chi connectivity index (χ1n) is 5.43. The van der Waals surface area contributed by atoms with Crippen LogP contribution in [-0.2, 0) is 6.18 Å². The third kappa shape index (κ3) is 2.86. The van der Waals surface area contributed by atoms with Crippen LogP contribution in [0, 0.1) is 5.82 Å². The lowest BCUT2D eigenvalue weighted by molar-refractivity contribution is -0.137. The van der Waals surface area contributed by atoms with Crippen LogP contribution in [0.4, 0.5) is 17.6 Å². The second-order valence-electron chi connectivity index (χ2n) is 3.92. The molecule has 0 N–H and O–H groups in total. The highest BCUT2D eigenvalue weighted by Gasteiger charge is 2.29. The summed E-state index contributed by atoms with van der Waals surface area (Å²) in [6.45, 7) is 0. The summed E-state index contributed by atoms with van der Waals surface area (Å²) in [4.78, 5) is 0. The third-order valence-corrected chi connectivity index (χ3v) is 2.70. The molecule has 19 heavy (non-hydrogen) atoms. The van der Waals surface area contributed by atoms with E-state index < -0.39 is 17.6 Å². The first-order valence-corrected chi connectivity index (χ1v) is 5.43. The van der Waals surface area contributed by atoms with E-state index in [0.29, 0.717) is 11.1 Å². The Bertz CT molecular complexity index is 573. The fraction of sp³-hybridized carbons (Fsp3) is 0.143. The van der Waals surface area contributed by atoms with E-state index in [1.807, 2.05) is 0 Å². The molecule has 0 aliphatic rings. The molecule has 0 radical (unpaired) electrons. The van der Waals surface area contributed by atoms with Crippen LogP contribution in [-0.4, -0.2) is 7.11 Å². The van der Waals surface area contributed by atoms with Gasteiger partial charge in [-0.1, -0.05) is 18.2 Å². The molecule has 5 heteroatoms. The Morgan fingerprint density at radius 1 is 0.895 bits per heavy atom. The van der Waals surface area contributed by atoms with Gasteiger partial charge in [0.1, 0.15) is 0 Å². The minimum atomic E-state index is -4.37. The standard InChI is InChI=1S/C14H10F4O/c1-19-13-7-4-10(8-12(13)15)9-2-5-11(6-3-9)14(16,17)18/h2-8H,1H3. The second-order valence-corrected chi connectivity index (χ2v) is 3.92. The average molecular weight is 270 g/mol. The molecule has 0 unspecified atom stereocenters. The summed E-state index contributed by atoms with van der Waals surface area (Å²) in [5.74, 6) is -0.462. The summed E-state index contributed by atoms with van der Waals surface area (Å²) in [6.07, 6.45) is -4.37. The first kappa shape index (κ1) is 13.4. The molecule has 0 aliphatic carbocycles. The summed E-state index contributed by atoms with van der Waals surface area (Å²) in [5, 5.41) is 0. The molecule has 0 saturated carbocycles. The van der Waals surface area contributed by atoms with Gasteiger partial charge in [0, 0.05) is 0 Å². The summed E-state index contributed by atoms with van der Waals surface area (Å²) >= 11 is 0. The quantitative estimate of drug-likeness (QED) is 0.729. The van der Waals surface area contributed by atoms with Gasteiger partial charge in [0.25, 0.3) is 0 Å². The molecule has 0 aromatic heterocycles. The molecule has 0 amide bonds. The van der Waals surface area contributed by atoms with E-state index in [9.17, 15) is 17.6 Å². The van der Waals surface area contributed by atoms with Crippen LogP contribution in [0.5, 0.6) is 5.75 Å². The molecule has 100 valence electrons. The van der Waals surface area contributed by atoms with Crippen LogP contribution in [0.1, 0.15) is 5.56 Å². The zero-order valence-corrected chi connectivity index (χ0v) is 9.96. The highest BCUT2D eigenvalue weighted by Crippen LogP contribution is 2.31. The van der Waals surface area contributed by atoms with E-state index in [4.69, 9.17) is 4.74 Å². The van der Waals surface area contributed by atoms with Gasteiger partial charge in [-0.15, -0.1) is 0 Å². The van der Waals surface area contributed by atoms with Gasteiger partial charge in [0.05, 0.1) is 12.7 Å². The number of hydrogen-bond donors (Lipinski definition) is 0. The minimum Gasteiger partial charge on any atom is -0.494 e. The van der Waals surface area contributed by atoms with Gasteiger partial charge in [-0.2, -0.15) is 13.2 Å². The number of halogens is 4. The topological polar surface area (TPSA) is 9.23 Å². The second kappa shape index (κ2) is 4.91. The van der Waals surface area contributed by atoms with E-state index in [2.05, 4.69) is 0 Å². The van der Waals surface area contributed by atoms with Crippen molar-refractivity contribution in [2.75, 3.05) is 7.11 Å². The van der Waals surface area contributed by atoms with Crippen molar-refractivity contribution in [2.45, 2.75) is 6.18 Å². The molecule has 2 aromatic carbocycles. The van der Waals surface area contributed by atoms with E-state index in [1.54, 1.807) is 6.07 Å². The largest absolute Gasteiger partial charge is 0.494 e. The number of benzene rings is 2. The normalized spacial score (nSPS) is 11.4. The lowest BCUT2D eigenvalue weighted by atomic mass is 10.0. The predicted octanol–water partition coefficient (Wildman–Crippen LogP) is 4.52. The van der Waals surface area contributed by atoms with Crippen LogP contribution in [0.15, 0.2) is 42.5 Å². The Morgan fingerprint density at radius 2 is 1.47 bits per heavy atom. The maximum Gasteiger partial charge on any atom is 0.416 e. The Morgan fingerprint density at radius 3 is 1.95 bits per heavy atom. The Balaban J connectivity index is 2.35. The van der Waals surface area contributed by atoms with E-state index >= 15 is 0 Å². The van der Waals surface area contributed by atoms with Gasteiger partial charge in [0.15, 0.2) is 11.6 Å². The van der Waals surface area contributed by atoms with Crippen LogP contribution >= 0.6 is 0 Å². The molecule has 2 aromatic rings. The molecule has 0 heterocycles. The molecule has 0 aliphatic heterocycles. The smallest absolute Gasteiger partial charge is 0.416 e. The Labute approximate surface area is 107 Å². The maximum absolute atomic E-state index is 13.5. The van der Waals surface area contributed by atoms with Crippen LogP contribution in [0.25, 0.3) is 11.1 Å². The molecule has 1 nitrogen and oxygen atoms in total. The van der Waals surface area contributed by atoms with Gasteiger partial charge < -0.3 is 4.74 Å². The number of alkyl halides is 3. The first-order chi connectivity index (χ1) is 8.91. The molecular weight excluding hydrogens is 260 g/mol. The summed E-state index contributed by atoms with van der Waals surface area (Å²) in [6, 6.07) is 8.80. The van der Waals surface area contributed by atoms with Crippen LogP contribution in [0.2, 0.25) is 0 Å². The monoisotopic (exact) mass is 270 g/mol. The molecular formula is C14H10F4O. The Kier molecular flexibility index (Phi) is 3.46. The zero-order valence-electron chi connectivity index (χ0n) is 9.96. The van der Waals surface area contributed by atoms with Gasteiger partial charge in [0.2, 0.25) is 0 Å². The van der Waals surface area contributed by atoms with Gasteiger partial charge >= 0.3 is 6.18 Å². The van der Waals surface area contributed by atoms with Crippen molar-refractivity contribution in [1.29, 1.82) is 0 Å². The fourth-order valence-electron chi connectivity index (χ4n) is 1.70. The van der Waals surface area contributed by atoms with Crippen molar-refractivity contribution in [1.82, 2.24) is 0 Å². The zero-order chi connectivity index (χ0) is 14.0. The van der Waals surface area contributed by atoms with Gasteiger partial charge in [-0.3, -0.25) is 0 Å². The average Bonchev–Trinajstić information content (AvgIpc) is 2.38. The molecule has 0 atom stereocenters. The molecule has 0 bridgehead atoms. The molecule has 2 rings (SSSR count). The minimum absolute atomic E-state index is 0.0932. The van der Waals surface area contributed by atoms with Crippen molar-refractivity contribution in [3.05, 3.63) is 53.8 Å². The number of hydrogen-bond acceptors (Lipinski definition) is 1. The SMILES string of the molecule is COc1ccc(-c2ccc(C(F)(F)F)cc2)cc1F. The van der Waals surface area contributed by atoms with E-state index in [1.165, 1.54) is 31.4 Å².